The van der Waals surface area contributed by atoms with Crippen LogP contribution >= 0.6 is 0 Å². The quantitative estimate of drug-likeness (QED) is 0.681. The zero-order valence-corrected chi connectivity index (χ0v) is 15.5. The maximum atomic E-state index is 12.7. The van der Waals surface area contributed by atoms with Gasteiger partial charge in [-0.3, -0.25) is 4.79 Å². The predicted molar refractivity (Wildman–Crippen MR) is 89.6 cm³/mol. The Bertz CT molecular complexity index is 621. The summed E-state index contributed by atoms with van der Waals surface area (Å²) in [6.07, 6.45) is 5.79. The summed E-state index contributed by atoms with van der Waals surface area (Å²) in [6.45, 7) is 7.23. The predicted octanol–water partition coefficient (Wildman–Crippen LogP) is 2.79. The lowest BCUT2D eigenvalue weighted by atomic mass is 9.44. The van der Waals surface area contributed by atoms with E-state index in [-0.39, 0.29) is 40.0 Å². The fraction of sp³-hybridized carbons (Fsp3) is 0.950. The molecule has 5 aliphatic rings. The van der Waals surface area contributed by atoms with Crippen molar-refractivity contribution in [2.24, 2.45) is 22.7 Å². The van der Waals surface area contributed by atoms with Gasteiger partial charge in [-0.15, -0.1) is 0 Å². The van der Waals surface area contributed by atoms with E-state index < -0.39 is 6.29 Å². The molecular formula is C20H30O5. The van der Waals surface area contributed by atoms with Crippen LogP contribution in [0.2, 0.25) is 0 Å². The van der Waals surface area contributed by atoms with Crippen molar-refractivity contribution in [2.75, 3.05) is 6.61 Å². The minimum Gasteiger partial charge on any atom is -0.462 e. The second-order valence-corrected chi connectivity index (χ2v) is 9.89. The first-order chi connectivity index (χ1) is 11.7. The Hall–Kier alpha value is -0.650. The molecule has 8 atom stereocenters. The van der Waals surface area contributed by atoms with Gasteiger partial charge in [-0.25, -0.2) is 0 Å². The van der Waals surface area contributed by atoms with Gasteiger partial charge in [0, 0.05) is 17.8 Å². The van der Waals surface area contributed by atoms with Crippen LogP contribution in [0.4, 0.5) is 0 Å². The molecule has 2 saturated carbocycles. The molecule has 0 bridgehead atoms. The molecule has 1 N–H and O–H groups in total. The van der Waals surface area contributed by atoms with Crippen LogP contribution < -0.4 is 0 Å². The van der Waals surface area contributed by atoms with E-state index in [1.54, 1.807) is 0 Å². The van der Waals surface area contributed by atoms with Crippen molar-refractivity contribution in [3.63, 3.8) is 0 Å². The lowest BCUT2D eigenvalue weighted by molar-refractivity contribution is -0.251. The normalized spacial score (nSPS) is 60.2. The average molecular weight is 350 g/mol. The Morgan fingerprint density at radius 3 is 2.68 bits per heavy atom. The number of hydrogen-bond donors (Lipinski definition) is 1. The number of aliphatic hydroxyl groups is 1. The van der Waals surface area contributed by atoms with Gasteiger partial charge in [0.25, 0.3) is 0 Å². The molecule has 0 aromatic carbocycles. The third-order valence-electron chi connectivity index (χ3n) is 8.65. The Balaban J connectivity index is 1.58. The number of carbonyl (C=O) groups excluding carboxylic acids is 1. The molecule has 2 aliphatic carbocycles. The highest BCUT2D eigenvalue weighted by molar-refractivity contribution is 5.80. The van der Waals surface area contributed by atoms with Crippen LogP contribution in [-0.4, -0.2) is 41.3 Å². The van der Waals surface area contributed by atoms with E-state index in [4.69, 9.17) is 14.2 Å². The first-order valence-corrected chi connectivity index (χ1v) is 9.96. The minimum atomic E-state index is -0.706. The molecule has 5 heteroatoms. The molecule has 0 radical (unpaired) electrons. The summed E-state index contributed by atoms with van der Waals surface area (Å²) in [7, 11) is 0. The maximum absolute atomic E-state index is 12.7. The Morgan fingerprint density at radius 1 is 1.16 bits per heavy atom. The number of ether oxygens (including phenoxy) is 3. The molecule has 5 fully saturated rings. The van der Waals surface area contributed by atoms with Crippen molar-refractivity contribution in [1.29, 1.82) is 0 Å². The van der Waals surface area contributed by atoms with Crippen LogP contribution in [0.15, 0.2) is 0 Å². The fourth-order valence-electron chi connectivity index (χ4n) is 7.57. The fourth-order valence-corrected chi connectivity index (χ4v) is 7.57. The van der Waals surface area contributed by atoms with Gasteiger partial charge >= 0.3 is 5.97 Å². The Morgan fingerprint density at radius 2 is 1.96 bits per heavy atom. The van der Waals surface area contributed by atoms with E-state index in [0.717, 1.165) is 38.5 Å². The van der Waals surface area contributed by atoms with Crippen LogP contribution in [0.25, 0.3) is 0 Å². The van der Waals surface area contributed by atoms with Gasteiger partial charge in [0.2, 0.25) is 0 Å². The van der Waals surface area contributed by atoms with E-state index >= 15 is 0 Å². The van der Waals surface area contributed by atoms with Crippen molar-refractivity contribution in [2.45, 2.75) is 89.3 Å². The summed E-state index contributed by atoms with van der Waals surface area (Å²) in [5, 5.41) is 9.91. The molecule has 3 heterocycles. The SMILES string of the molecule is C[C@@H]1C[C@H]2OC(=O)[C@@]3(C)CCC[C@@](C)([C@@H]23)[C@@]12CC[C@@]1(CO[C@@H](O)C1)O2. The highest BCUT2D eigenvalue weighted by atomic mass is 16.6. The number of fused-ring (bicyclic) bond motifs is 1. The van der Waals surface area contributed by atoms with Crippen molar-refractivity contribution >= 4 is 5.97 Å². The van der Waals surface area contributed by atoms with Gasteiger partial charge in [-0.05, 0) is 44.9 Å². The maximum Gasteiger partial charge on any atom is 0.312 e. The number of carbonyl (C=O) groups is 1. The van der Waals surface area contributed by atoms with Crippen LogP contribution in [-0.2, 0) is 19.0 Å². The van der Waals surface area contributed by atoms with Crippen LogP contribution in [0.5, 0.6) is 0 Å². The topological polar surface area (TPSA) is 65.0 Å². The second kappa shape index (κ2) is 4.79. The summed E-state index contributed by atoms with van der Waals surface area (Å²) in [5.74, 6) is 0.578. The lowest BCUT2D eigenvalue weighted by Crippen LogP contribution is -2.65. The monoisotopic (exact) mass is 350 g/mol. The largest absolute Gasteiger partial charge is 0.462 e. The second-order valence-electron chi connectivity index (χ2n) is 9.89. The zero-order chi connectivity index (χ0) is 17.7. The number of rotatable bonds is 0. The van der Waals surface area contributed by atoms with E-state index in [1.165, 1.54) is 0 Å². The van der Waals surface area contributed by atoms with Gasteiger partial charge in [-0.2, -0.15) is 0 Å². The van der Waals surface area contributed by atoms with Crippen molar-refractivity contribution in [3.8, 4) is 0 Å². The summed E-state index contributed by atoms with van der Waals surface area (Å²) >= 11 is 0. The summed E-state index contributed by atoms with van der Waals surface area (Å²) in [4.78, 5) is 12.7. The lowest BCUT2D eigenvalue weighted by Gasteiger charge is -2.62. The van der Waals surface area contributed by atoms with Crippen LogP contribution in [0.3, 0.4) is 0 Å². The summed E-state index contributed by atoms with van der Waals surface area (Å²) in [5.41, 5.74) is -1.01. The van der Waals surface area contributed by atoms with Gasteiger partial charge in [0.15, 0.2) is 6.29 Å². The first-order valence-electron chi connectivity index (χ1n) is 9.96. The first kappa shape index (κ1) is 16.5. The summed E-state index contributed by atoms with van der Waals surface area (Å²) in [6, 6.07) is 0. The van der Waals surface area contributed by atoms with Gasteiger partial charge in [-0.1, -0.05) is 20.3 Å². The molecule has 0 amide bonds. The molecule has 25 heavy (non-hydrogen) atoms. The Labute approximate surface area is 149 Å². The zero-order valence-electron chi connectivity index (χ0n) is 15.5. The Kier molecular flexibility index (Phi) is 3.16. The average Bonchev–Trinajstić information content (AvgIpc) is 3.17. The summed E-state index contributed by atoms with van der Waals surface area (Å²) < 4.78 is 18.3. The molecule has 140 valence electrons. The molecule has 5 nitrogen and oxygen atoms in total. The number of esters is 1. The molecule has 3 aliphatic heterocycles. The molecule has 0 aromatic rings. The molecule has 0 aromatic heterocycles. The van der Waals surface area contributed by atoms with Crippen molar-refractivity contribution in [1.82, 2.24) is 0 Å². The minimum absolute atomic E-state index is 0.00464. The standard InChI is InChI=1S/C20H30O5/c1-12-9-13-15-17(2,16(22)24-13)5-4-6-18(15,3)20(12)8-7-19(25-20)10-14(21)23-11-19/h12-15,21H,4-11H2,1-3H3/t12-,13-,14-,15+,17+,18+,19-,20-/m1/s1. The van der Waals surface area contributed by atoms with E-state index in [0.29, 0.717) is 18.9 Å². The van der Waals surface area contributed by atoms with Crippen LogP contribution in [0.1, 0.15) is 65.7 Å². The third kappa shape index (κ3) is 1.83. The smallest absolute Gasteiger partial charge is 0.312 e. The van der Waals surface area contributed by atoms with Crippen molar-refractivity contribution in [3.05, 3.63) is 0 Å². The van der Waals surface area contributed by atoms with E-state index in [9.17, 15) is 9.90 Å². The number of aliphatic hydroxyl groups excluding tert-OH is 1. The van der Waals surface area contributed by atoms with Gasteiger partial charge in [0.1, 0.15) is 6.10 Å². The van der Waals surface area contributed by atoms with Crippen molar-refractivity contribution < 1.29 is 24.1 Å². The highest BCUT2D eigenvalue weighted by Gasteiger charge is 2.74. The highest BCUT2D eigenvalue weighted by Crippen LogP contribution is 2.70. The number of hydrogen-bond acceptors (Lipinski definition) is 5. The third-order valence-corrected chi connectivity index (χ3v) is 8.65. The molecular weight excluding hydrogens is 320 g/mol. The van der Waals surface area contributed by atoms with Crippen LogP contribution in [0, 0.1) is 22.7 Å². The van der Waals surface area contributed by atoms with E-state index in [2.05, 4.69) is 20.8 Å². The van der Waals surface area contributed by atoms with Gasteiger partial charge in [0.05, 0.1) is 23.2 Å². The van der Waals surface area contributed by atoms with E-state index in [1.807, 2.05) is 0 Å². The van der Waals surface area contributed by atoms with Gasteiger partial charge < -0.3 is 19.3 Å². The molecule has 2 spiro atoms. The molecule has 0 unspecified atom stereocenters. The molecule has 3 saturated heterocycles. The molecule has 5 rings (SSSR count).